The summed E-state index contributed by atoms with van der Waals surface area (Å²) in [6, 6.07) is 6.13. The van der Waals surface area contributed by atoms with Gasteiger partial charge in [0.05, 0.1) is 0 Å². The van der Waals surface area contributed by atoms with Crippen LogP contribution in [0.4, 0.5) is 13.2 Å². The van der Waals surface area contributed by atoms with Crippen LogP contribution in [0.2, 0.25) is 0 Å². The van der Waals surface area contributed by atoms with Gasteiger partial charge in [-0.15, -0.1) is 0 Å². The lowest BCUT2D eigenvalue weighted by molar-refractivity contribution is 0.428. The monoisotopic (exact) mass is 295 g/mol. The van der Waals surface area contributed by atoms with E-state index in [9.17, 15) is 18.3 Å². The van der Waals surface area contributed by atoms with Crippen LogP contribution in [0.25, 0.3) is 0 Å². The van der Waals surface area contributed by atoms with Crippen molar-refractivity contribution in [2.45, 2.75) is 25.9 Å². The molecular formula is C16H16F3NO. The SMILES string of the molecule is CC(NC(C)c1cc(F)ccc1F)c1ccc(F)cc1O. The summed E-state index contributed by atoms with van der Waals surface area (Å²) >= 11 is 0. The predicted octanol–water partition coefficient (Wildman–Crippen LogP) is 4.22. The number of phenols is 1. The highest BCUT2D eigenvalue weighted by Crippen LogP contribution is 2.27. The van der Waals surface area contributed by atoms with E-state index in [0.29, 0.717) is 5.56 Å². The molecule has 0 bridgehead atoms. The van der Waals surface area contributed by atoms with Gasteiger partial charge < -0.3 is 10.4 Å². The van der Waals surface area contributed by atoms with Crippen molar-refractivity contribution in [3.05, 3.63) is 65.0 Å². The summed E-state index contributed by atoms with van der Waals surface area (Å²) in [5.41, 5.74) is 0.684. The van der Waals surface area contributed by atoms with Gasteiger partial charge in [0.25, 0.3) is 0 Å². The predicted molar refractivity (Wildman–Crippen MR) is 74.4 cm³/mol. The molecule has 2 unspecified atom stereocenters. The van der Waals surface area contributed by atoms with Gasteiger partial charge in [0.2, 0.25) is 0 Å². The zero-order valence-corrected chi connectivity index (χ0v) is 11.7. The van der Waals surface area contributed by atoms with E-state index >= 15 is 0 Å². The molecule has 112 valence electrons. The van der Waals surface area contributed by atoms with E-state index in [4.69, 9.17) is 0 Å². The minimum absolute atomic E-state index is 0.179. The van der Waals surface area contributed by atoms with Gasteiger partial charge in [-0.2, -0.15) is 0 Å². The van der Waals surface area contributed by atoms with Gasteiger partial charge in [0, 0.05) is 29.3 Å². The lowest BCUT2D eigenvalue weighted by Gasteiger charge is -2.22. The highest BCUT2D eigenvalue weighted by Gasteiger charge is 2.17. The third-order valence-corrected chi connectivity index (χ3v) is 3.38. The Hall–Kier alpha value is -2.01. The molecule has 2 rings (SSSR count). The molecule has 0 heterocycles. The molecule has 0 aliphatic rings. The van der Waals surface area contributed by atoms with Gasteiger partial charge in [0.15, 0.2) is 0 Å². The maximum atomic E-state index is 13.7. The second-order valence-electron chi connectivity index (χ2n) is 4.98. The molecule has 0 saturated heterocycles. The minimum Gasteiger partial charge on any atom is -0.508 e. The Morgan fingerprint density at radius 2 is 1.43 bits per heavy atom. The van der Waals surface area contributed by atoms with Gasteiger partial charge in [-0.05, 0) is 38.1 Å². The van der Waals surface area contributed by atoms with E-state index in [2.05, 4.69) is 5.32 Å². The molecule has 0 aliphatic carbocycles. The molecule has 0 amide bonds. The van der Waals surface area contributed by atoms with Crippen molar-refractivity contribution in [3.8, 4) is 5.75 Å². The third-order valence-electron chi connectivity index (χ3n) is 3.38. The Morgan fingerprint density at radius 1 is 0.857 bits per heavy atom. The number of halogens is 3. The first-order valence-electron chi connectivity index (χ1n) is 6.58. The first kappa shape index (κ1) is 15.4. The number of nitrogens with one attached hydrogen (secondary N) is 1. The van der Waals surface area contributed by atoms with Crippen molar-refractivity contribution in [1.82, 2.24) is 5.32 Å². The summed E-state index contributed by atoms with van der Waals surface area (Å²) in [5.74, 6) is -1.74. The molecular weight excluding hydrogens is 279 g/mol. The van der Waals surface area contributed by atoms with Crippen LogP contribution in [0, 0.1) is 17.5 Å². The molecule has 5 heteroatoms. The smallest absolute Gasteiger partial charge is 0.128 e. The molecule has 0 saturated carbocycles. The van der Waals surface area contributed by atoms with Crippen LogP contribution < -0.4 is 5.32 Å². The van der Waals surface area contributed by atoms with Crippen LogP contribution in [-0.2, 0) is 0 Å². The molecule has 2 N–H and O–H groups in total. The summed E-state index contributed by atoms with van der Waals surface area (Å²) in [6.45, 7) is 3.44. The minimum atomic E-state index is -0.535. The third kappa shape index (κ3) is 3.55. The second-order valence-corrected chi connectivity index (χ2v) is 4.98. The van der Waals surface area contributed by atoms with Crippen molar-refractivity contribution in [3.63, 3.8) is 0 Å². The zero-order chi connectivity index (χ0) is 15.6. The fraction of sp³-hybridized carbons (Fsp3) is 0.250. The average Bonchev–Trinajstić information content (AvgIpc) is 2.41. The Bertz CT molecular complexity index is 645. The van der Waals surface area contributed by atoms with Gasteiger partial charge in [-0.25, -0.2) is 13.2 Å². The van der Waals surface area contributed by atoms with E-state index in [1.165, 1.54) is 12.1 Å². The summed E-state index contributed by atoms with van der Waals surface area (Å²) in [4.78, 5) is 0. The van der Waals surface area contributed by atoms with E-state index in [-0.39, 0.29) is 17.4 Å². The molecule has 0 radical (unpaired) electrons. The Morgan fingerprint density at radius 3 is 2.10 bits per heavy atom. The lowest BCUT2D eigenvalue weighted by atomic mass is 10.0. The van der Waals surface area contributed by atoms with Crippen molar-refractivity contribution >= 4 is 0 Å². The van der Waals surface area contributed by atoms with Crippen LogP contribution in [0.5, 0.6) is 5.75 Å². The molecule has 0 fully saturated rings. The van der Waals surface area contributed by atoms with Gasteiger partial charge in [0.1, 0.15) is 23.2 Å². The molecule has 0 spiro atoms. The fourth-order valence-corrected chi connectivity index (χ4v) is 2.28. The summed E-state index contributed by atoms with van der Waals surface area (Å²) in [6.07, 6.45) is 0. The van der Waals surface area contributed by atoms with E-state index < -0.39 is 23.5 Å². The molecule has 0 aliphatic heterocycles. The number of hydrogen-bond acceptors (Lipinski definition) is 2. The topological polar surface area (TPSA) is 32.3 Å². The first-order valence-corrected chi connectivity index (χ1v) is 6.58. The fourth-order valence-electron chi connectivity index (χ4n) is 2.28. The number of hydrogen-bond donors (Lipinski definition) is 2. The van der Waals surface area contributed by atoms with Gasteiger partial charge in [-0.3, -0.25) is 0 Å². The van der Waals surface area contributed by atoms with Crippen molar-refractivity contribution in [2.24, 2.45) is 0 Å². The molecule has 2 atom stereocenters. The molecule has 0 aromatic heterocycles. The highest BCUT2D eigenvalue weighted by atomic mass is 19.1. The van der Waals surface area contributed by atoms with Crippen LogP contribution in [-0.4, -0.2) is 5.11 Å². The average molecular weight is 295 g/mol. The number of phenolic OH excluding ortho intramolecular Hbond substituents is 1. The number of rotatable bonds is 4. The molecule has 2 aromatic rings. The summed E-state index contributed by atoms with van der Waals surface area (Å²) < 4.78 is 39.9. The highest BCUT2D eigenvalue weighted by molar-refractivity contribution is 5.35. The normalized spacial score (nSPS) is 14.0. The van der Waals surface area contributed by atoms with Crippen molar-refractivity contribution in [2.75, 3.05) is 0 Å². The Kier molecular flexibility index (Phi) is 4.53. The molecule has 2 nitrogen and oxygen atoms in total. The quantitative estimate of drug-likeness (QED) is 0.885. The van der Waals surface area contributed by atoms with Crippen molar-refractivity contribution in [1.29, 1.82) is 0 Å². The number of aromatic hydroxyl groups is 1. The standard InChI is InChI=1S/C16H16F3NO/c1-9(13-5-3-12(18)8-16(13)21)20-10(2)14-7-11(17)4-6-15(14)19/h3-10,20-21H,1-2H3. The summed E-state index contributed by atoms with van der Waals surface area (Å²) in [7, 11) is 0. The van der Waals surface area contributed by atoms with E-state index in [1.54, 1.807) is 13.8 Å². The second kappa shape index (κ2) is 6.18. The Labute approximate surface area is 121 Å². The number of benzene rings is 2. The van der Waals surface area contributed by atoms with Crippen molar-refractivity contribution < 1.29 is 18.3 Å². The van der Waals surface area contributed by atoms with Crippen LogP contribution in [0.3, 0.4) is 0 Å². The first-order chi connectivity index (χ1) is 9.88. The van der Waals surface area contributed by atoms with Gasteiger partial charge >= 0.3 is 0 Å². The van der Waals surface area contributed by atoms with Gasteiger partial charge in [-0.1, -0.05) is 6.07 Å². The lowest BCUT2D eigenvalue weighted by Crippen LogP contribution is -2.23. The Balaban J connectivity index is 2.18. The summed E-state index contributed by atoms with van der Waals surface area (Å²) in [5, 5.41) is 12.8. The van der Waals surface area contributed by atoms with Crippen LogP contribution in [0.15, 0.2) is 36.4 Å². The van der Waals surface area contributed by atoms with E-state index in [1.807, 2.05) is 0 Å². The van der Waals surface area contributed by atoms with E-state index in [0.717, 1.165) is 24.3 Å². The molecule has 2 aromatic carbocycles. The molecule has 21 heavy (non-hydrogen) atoms. The maximum Gasteiger partial charge on any atom is 0.128 e. The van der Waals surface area contributed by atoms with Crippen LogP contribution in [0.1, 0.15) is 37.1 Å². The zero-order valence-electron chi connectivity index (χ0n) is 11.7. The maximum absolute atomic E-state index is 13.7. The van der Waals surface area contributed by atoms with Crippen LogP contribution >= 0.6 is 0 Å². The largest absolute Gasteiger partial charge is 0.508 e.